The predicted molar refractivity (Wildman–Crippen MR) is 66.7 cm³/mol. The van der Waals surface area contributed by atoms with E-state index in [1.54, 1.807) is 0 Å². The molecule has 3 nitrogen and oxygen atoms in total. The summed E-state index contributed by atoms with van der Waals surface area (Å²) in [7, 11) is 0. The number of nitrogens with one attached hydrogen (secondary N) is 1. The lowest BCUT2D eigenvalue weighted by Gasteiger charge is -2.24. The van der Waals surface area contributed by atoms with Gasteiger partial charge in [0.25, 0.3) is 0 Å². The van der Waals surface area contributed by atoms with Gasteiger partial charge in [-0.2, -0.15) is 0 Å². The molecule has 0 spiro atoms. The molecule has 1 unspecified atom stereocenters. The summed E-state index contributed by atoms with van der Waals surface area (Å²) in [6, 6.07) is 0.751. The van der Waals surface area contributed by atoms with Crippen molar-refractivity contribution in [3.63, 3.8) is 0 Å². The normalized spacial score (nSPS) is 28.3. The summed E-state index contributed by atoms with van der Waals surface area (Å²) in [5, 5.41) is 3.69. The Balaban J connectivity index is 1.70. The van der Waals surface area contributed by atoms with Gasteiger partial charge in [-0.15, -0.1) is 0 Å². The summed E-state index contributed by atoms with van der Waals surface area (Å²) in [4.78, 5) is 2.57. The Bertz CT molecular complexity index is 204. The van der Waals surface area contributed by atoms with E-state index in [0.717, 1.165) is 25.1 Å². The molecular formula is C13H26N2O. The van der Waals surface area contributed by atoms with Crippen LogP contribution in [0.4, 0.5) is 0 Å². The lowest BCUT2D eigenvalue weighted by Crippen LogP contribution is -2.40. The van der Waals surface area contributed by atoms with Crippen LogP contribution in [0.1, 0.15) is 33.1 Å². The second kappa shape index (κ2) is 5.99. The molecule has 1 saturated carbocycles. The topological polar surface area (TPSA) is 24.5 Å². The van der Waals surface area contributed by atoms with Crippen molar-refractivity contribution in [1.29, 1.82) is 0 Å². The largest absolute Gasteiger partial charge is 0.377 e. The van der Waals surface area contributed by atoms with Crippen LogP contribution < -0.4 is 5.32 Å². The zero-order valence-corrected chi connectivity index (χ0v) is 10.7. The molecule has 3 heteroatoms. The standard InChI is InChI=1S/C13H26N2O/c1-11(2)16-9-8-15-7-3-6-14-13(10-15)12-4-5-12/h11-14H,3-10H2,1-2H3. The molecule has 0 amide bonds. The molecule has 1 aliphatic carbocycles. The van der Waals surface area contributed by atoms with Crippen molar-refractivity contribution in [2.45, 2.75) is 45.3 Å². The van der Waals surface area contributed by atoms with Crippen molar-refractivity contribution >= 4 is 0 Å². The summed E-state index contributed by atoms with van der Waals surface area (Å²) >= 11 is 0. The van der Waals surface area contributed by atoms with Crippen LogP contribution in [0.25, 0.3) is 0 Å². The minimum Gasteiger partial charge on any atom is -0.377 e. The van der Waals surface area contributed by atoms with E-state index in [1.807, 2.05) is 0 Å². The Morgan fingerprint density at radius 3 is 2.88 bits per heavy atom. The van der Waals surface area contributed by atoms with Gasteiger partial charge >= 0.3 is 0 Å². The Morgan fingerprint density at radius 2 is 2.19 bits per heavy atom. The first kappa shape index (κ1) is 12.3. The van der Waals surface area contributed by atoms with Crippen LogP contribution in [-0.4, -0.2) is 49.8 Å². The number of hydrogen-bond donors (Lipinski definition) is 1. The number of nitrogens with zero attached hydrogens (tertiary/aromatic N) is 1. The third-order valence-electron chi connectivity index (χ3n) is 3.56. The van der Waals surface area contributed by atoms with E-state index in [0.29, 0.717) is 6.10 Å². The zero-order chi connectivity index (χ0) is 11.4. The second-order valence-corrected chi connectivity index (χ2v) is 5.47. The molecule has 0 radical (unpaired) electrons. The average Bonchev–Trinajstić information content (AvgIpc) is 3.03. The van der Waals surface area contributed by atoms with Gasteiger partial charge in [0.05, 0.1) is 12.7 Å². The van der Waals surface area contributed by atoms with Gasteiger partial charge in [0.1, 0.15) is 0 Å². The Labute approximate surface area is 99.5 Å². The first-order valence-electron chi connectivity index (χ1n) is 6.83. The van der Waals surface area contributed by atoms with Gasteiger partial charge in [0, 0.05) is 19.1 Å². The Morgan fingerprint density at radius 1 is 1.38 bits per heavy atom. The van der Waals surface area contributed by atoms with Crippen LogP contribution in [0.2, 0.25) is 0 Å². The molecule has 1 N–H and O–H groups in total. The Kier molecular flexibility index (Phi) is 4.62. The maximum Gasteiger partial charge on any atom is 0.0596 e. The smallest absolute Gasteiger partial charge is 0.0596 e. The van der Waals surface area contributed by atoms with Crippen molar-refractivity contribution in [3.05, 3.63) is 0 Å². The number of rotatable bonds is 5. The fourth-order valence-electron chi connectivity index (χ4n) is 2.46. The van der Waals surface area contributed by atoms with E-state index in [1.165, 1.54) is 38.9 Å². The minimum atomic E-state index is 0.365. The molecule has 2 aliphatic rings. The van der Waals surface area contributed by atoms with E-state index in [9.17, 15) is 0 Å². The van der Waals surface area contributed by atoms with Crippen molar-refractivity contribution in [1.82, 2.24) is 10.2 Å². The van der Waals surface area contributed by atoms with Gasteiger partial charge in [-0.1, -0.05) is 0 Å². The van der Waals surface area contributed by atoms with Crippen LogP contribution in [0, 0.1) is 5.92 Å². The van der Waals surface area contributed by atoms with Gasteiger partial charge in [-0.25, -0.2) is 0 Å². The van der Waals surface area contributed by atoms with Gasteiger partial charge in [-0.3, -0.25) is 4.90 Å². The lowest BCUT2D eigenvalue weighted by molar-refractivity contribution is 0.0583. The summed E-state index contributed by atoms with van der Waals surface area (Å²) in [5.41, 5.74) is 0. The van der Waals surface area contributed by atoms with Crippen LogP contribution in [-0.2, 0) is 4.74 Å². The molecule has 0 aromatic rings. The monoisotopic (exact) mass is 226 g/mol. The summed E-state index contributed by atoms with van der Waals surface area (Å²) in [5.74, 6) is 0.964. The van der Waals surface area contributed by atoms with Crippen LogP contribution in [0.3, 0.4) is 0 Å². The van der Waals surface area contributed by atoms with Gasteiger partial charge in [0.2, 0.25) is 0 Å². The van der Waals surface area contributed by atoms with Crippen molar-refractivity contribution in [2.75, 3.05) is 32.8 Å². The highest BCUT2D eigenvalue weighted by atomic mass is 16.5. The zero-order valence-electron chi connectivity index (χ0n) is 10.7. The summed E-state index contributed by atoms with van der Waals surface area (Å²) in [6.45, 7) is 9.86. The fourth-order valence-corrected chi connectivity index (χ4v) is 2.46. The number of ether oxygens (including phenoxy) is 1. The lowest BCUT2D eigenvalue weighted by atomic mass is 10.2. The molecule has 1 aliphatic heterocycles. The van der Waals surface area contributed by atoms with Crippen LogP contribution >= 0.6 is 0 Å². The SMILES string of the molecule is CC(C)OCCN1CCCNC(C2CC2)C1. The maximum absolute atomic E-state index is 5.63. The molecule has 1 atom stereocenters. The third kappa shape index (κ3) is 4.04. The number of hydrogen-bond acceptors (Lipinski definition) is 3. The van der Waals surface area contributed by atoms with Gasteiger partial charge in [0.15, 0.2) is 0 Å². The van der Waals surface area contributed by atoms with E-state index < -0.39 is 0 Å². The quantitative estimate of drug-likeness (QED) is 0.768. The van der Waals surface area contributed by atoms with E-state index >= 15 is 0 Å². The predicted octanol–water partition coefficient (Wildman–Crippen LogP) is 1.49. The van der Waals surface area contributed by atoms with Crippen molar-refractivity contribution in [2.24, 2.45) is 5.92 Å². The third-order valence-corrected chi connectivity index (χ3v) is 3.56. The first-order valence-corrected chi connectivity index (χ1v) is 6.83. The molecule has 2 fully saturated rings. The van der Waals surface area contributed by atoms with Gasteiger partial charge < -0.3 is 10.1 Å². The summed E-state index contributed by atoms with van der Waals surface area (Å²) in [6.07, 6.45) is 4.52. The van der Waals surface area contributed by atoms with Crippen molar-refractivity contribution < 1.29 is 4.74 Å². The molecule has 0 aromatic carbocycles. The van der Waals surface area contributed by atoms with E-state index in [4.69, 9.17) is 4.74 Å². The molecule has 16 heavy (non-hydrogen) atoms. The molecule has 1 saturated heterocycles. The van der Waals surface area contributed by atoms with Gasteiger partial charge in [-0.05, 0) is 52.1 Å². The van der Waals surface area contributed by atoms with Crippen LogP contribution in [0.15, 0.2) is 0 Å². The fraction of sp³-hybridized carbons (Fsp3) is 1.00. The Hall–Kier alpha value is -0.120. The molecule has 0 aromatic heterocycles. The molecular weight excluding hydrogens is 200 g/mol. The minimum absolute atomic E-state index is 0.365. The maximum atomic E-state index is 5.63. The van der Waals surface area contributed by atoms with Crippen molar-refractivity contribution in [3.8, 4) is 0 Å². The molecule has 2 rings (SSSR count). The summed E-state index contributed by atoms with van der Waals surface area (Å²) < 4.78 is 5.63. The highest BCUT2D eigenvalue weighted by molar-refractivity contribution is 4.89. The van der Waals surface area contributed by atoms with E-state index in [2.05, 4.69) is 24.1 Å². The van der Waals surface area contributed by atoms with Crippen LogP contribution in [0.5, 0.6) is 0 Å². The molecule has 1 heterocycles. The highest BCUT2D eigenvalue weighted by Crippen LogP contribution is 2.33. The molecule has 0 bridgehead atoms. The highest BCUT2D eigenvalue weighted by Gasteiger charge is 2.32. The second-order valence-electron chi connectivity index (χ2n) is 5.47. The average molecular weight is 226 g/mol. The first-order chi connectivity index (χ1) is 7.75. The van der Waals surface area contributed by atoms with E-state index in [-0.39, 0.29) is 0 Å². The molecule has 94 valence electrons.